The zero-order valence-electron chi connectivity index (χ0n) is 13.9. The Hall–Kier alpha value is -1.31. The van der Waals surface area contributed by atoms with Gasteiger partial charge in [0.15, 0.2) is 6.10 Å². The van der Waals surface area contributed by atoms with Crippen molar-refractivity contribution < 1.29 is 17.9 Å². The lowest BCUT2D eigenvalue weighted by atomic mass is 9.98. The molecule has 1 aromatic rings. The van der Waals surface area contributed by atoms with Gasteiger partial charge in [-0.25, -0.2) is 13.1 Å². The molecule has 0 aliphatic carbocycles. The van der Waals surface area contributed by atoms with E-state index in [1.165, 1.54) is 0 Å². The van der Waals surface area contributed by atoms with E-state index in [1.807, 2.05) is 0 Å². The van der Waals surface area contributed by atoms with Crippen molar-refractivity contribution >= 4 is 27.5 Å². The van der Waals surface area contributed by atoms with E-state index < -0.39 is 16.1 Å². The van der Waals surface area contributed by atoms with Crippen LogP contribution in [0.5, 0.6) is 5.75 Å². The number of piperidine rings is 1. The fourth-order valence-corrected chi connectivity index (χ4v) is 3.47. The maximum absolute atomic E-state index is 12.6. The zero-order chi connectivity index (χ0) is 17.7. The highest BCUT2D eigenvalue weighted by Gasteiger charge is 2.28. The van der Waals surface area contributed by atoms with Crippen LogP contribution in [-0.4, -0.2) is 51.2 Å². The number of carbonyl (C=O) groups excluding carboxylic acids is 1. The van der Waals surface area contributed by atoms with Crippen molar-refractivity contribution in [1.82, 2.24) is 9.62 Å². The van der Waals surface area contributed by atoms with E-state index in [0.717, 1.165) is 19.1 Å². The van der Waals surface area contributed by atoms with Crippen molar-refractivity contribution in [2.75, 3.05) is 25.9 Å². The van der Waals surface area contributed by atoms with Crippen LogP contribution in [0.4, 0.5) is 0 Å². The Kier molecular flexibility index (Phi) is 6.48. The van der Waals surface area contributed by atoms with Gasteiger partial charge in [0, 0.05) is 24.7 Å². The smallest absolute Gasteiger partial charge is 0.263 e. The highest BCUT2D eigenvalue weighted by atomic mass is 35.5. The van der Waals surface area contributed by atoms with Crippen molar-refractivity contribution in [3.63, 3.8) is 0 Å². The topological polar surface area (TPSA) is 75.7 Å². The summed E-state index contributed by atoms with van der Waals surface area (Å²) in [5.41, 5.74) is 0. The van der Waals surface area contributed by atoms with E-state index in [9.17, 15) is 13.2 Å². The van der Waals surface area contributed by atoms with Crippen LogP contribution in [0.15, 0.2) is 24.3 Å². The average Bonchev–Trinajstić information content (AvgIpc) is 2.52. The third kappa shape index (κ3) is 5.96. The Balaban J connectivity index is 1.90. The van der Waals surface area contributed by atoms with E-state index in [2.05, 4.69) is 4.72 Å². The molecule has 8 heteroatoms. The largest absolute Gasteiger partial charge is 0.481 e. The van der Waals surface area contributed by atoms with Crippen LogP contribution in [0.1, 0.15) is 19.8 Å². The quantitative estimate of drug-likeness (QED) is 0.825. The molecule has 0 radical (unpaired) electrons. The number of hydrogen-bond acceptors (Lipinski definition) is 4. The van der Waals surface area contributed by atoms with Gasteiger partial charge in [0.1, 0.15) is 5.75 Å². The van der Waals surface area contributed by atoms with Gasteiger partial charge in [-0.05, 0) is 43.9 Å². The molecule has 0 aromatic heterocycles. The third-order valence-corrected chi connectivity index (χ3v) is 4.85. The third-order valence-electron chi connectivity index (χ3n) is 3.92. The molecule has 24 heavy (non-hydrogen) atoms. The summed E-state index contributed by atoms with van der Waals surface area (Å²) < 4.78 is 30.6. The van der Waals surface area contributed by atoms with Crippen LogP contribution in [0.25, 0.3) is 0 Å². The van der Waals surface area contributed by atoms with Crippen LogP contribution >= 0.6 is 11.6 Å². The van der Waals surface area contributed by atoms with Gasteiger partial charge in [0.05, 0.1) is 6.26 Å². The van der Waals surface area contributed by atoms with Crippen LogP contribution in [0, 0.1) is 5.92 Å². The van der Waals surface area contributed by atoms with E-state index in [4.69, 9.17) is 16.3 Å². The molecule has 1 N–H and O–H groups in total. The van der Waals surface area contributed by atoms with Crippen molar-refractivity contribution in [3.8, 4) is 5.75 Å². The molecule has 1 aromatic carbocycles. The van der Waals surface area contributed by atoms with Gasteiger partial charge in [0.25, 0.3) is 5.91 Å². The van der Waals surface area contributed by atoms with Crippen LogP contribution in [-0.2, 0) is 14.8 Å². The SMILES string of the molecule is CC(Oc1cccc(Cl)c1)C(=O)N1CCCC(CNS(C)(=O)=O)C1. The van der Waals surface area contributed by atoms with Crippen molar-refractivity contribution in [2.45, 2.75) is 25.9 Å². The van der Waals surface area contributed by atoms with Gasteiger partial charge < -0.3 is 9.64 Å². The molecule has 0 spiro atoms. The summed E-state index contributed by atoms with van der Waals surface area (Å²) in [5, 5.41) is 0.553. The minimum Gasteiger partial charge on any atom is -0.481 e. The molecule has 1 aliphatic rings. The lowest BCUT2D eigenvalue weighted by Crippen LogP contribution is -2.47. The molecule has 1 saturated heterocycles. The summed E-state index contributed by atoms with van der Waals surface area (Å²) in [6.07, 6.45) is 2.27. The predicted molar refractivity (Wildman–Crippen MR) is 93.7 cm³/mol. The van der Waals surface area contributed by atoms with Crippen LogP contribution in [0.2, 0.25) is 5.02 Å². The number of nitrogens with one attached hydrogen (secondary N) is 1. The van der Waals surface area contributed by atoms with Crippen molar-refractivity contribution in [3.05, 3.63) is 29.3 Å². The van der Waals surface area contributed by atoms with E-state index in [0.29, 0.717) is 30.4 Å². The van der Waals surface area contributed by atoms with Crippen LogP contribution < -0.4 is 9.46 Å². The average molecular weight is 375 g/mol. The minimum atomic E-state index is -3.21. The number of rotatable bonds is 6. The Labute approximate surface area is 148 Å². The first-order valence-electron chi connectivity index (χ1n) is 7.90. The first-order valence-corrected chi connectivity index (χ1v) is 10.2. The summed E-state index contributed by atoms with van der Waals surface area (Å²) >= 11 is 5.92. The Morgan fingerprint density at radius 3 is 2.92 bits per heavy atom. The second-order valence-electron chi connectivity index (χ2n) is 6.13. The normalized spacial score (nSPS) is 19.8. The van der Waals surface area contributed by atoms with Crippen LogP contribution in [0.3, 0.4) is 0 Å². The number of nitrogens with zero attached hydrogens (tertiary/aromatic N) is 1. The maximum atomic E-state index is 12.6. The van der Waals surface area contributed by atoms with Gasteiger partial charge >= 0.3 is 0 Å². The van der Waals surface area contributed by atoms with Gasteiger partial charge in [-0.2, -0.15) is 0 Å². The molecule has 0 saturated carbocycles. The summed E-state index contributed by atoms with van der Waals surface area (Å²) in [6, 6.07) is 6.93. The lowest BCUT2D eigenvalue weighted by molar-refractivity contribution is -0.139. The number of likely N-dealkylation sites (tertiary alicyclic amines) is 1. The number of halogens is 1. The highest BCUT2D eigenvalue weighted by molar-refractivity contribution is 7.88. The molecular formula is C16H23ClN2O4S. The van der Waals surface area contributed by atoms with Crippen molar-refractivity contribution in [2.24, 2.45) is 5.92 Å². The highest BCUT2D eigenvalue weighted by Crippen LogP contribution is 2.21. The molecule has 1 fully saturated rings. The number of hydrogen-bond donors (Lipinski definition) is 1. The molecule has 6 nitrogen and oxygen atoms in total. The van der Waals surface area contributed by atoms with Gasteiger partial charge in [0.2, 0.25) is 10.0 Å². The first-order chi connectivity index (χ1) is 11.2. The minimum absolute atomic E-state index is 0.0981. The van der Waals surface area contributed by atoms with E-state index in [-0.39, 0.29) is 11.8 Å². The Bertz CT molecular complexity index is 680. The molecule has 2 rings (SSSR count). The number of carbonyl (C=O) groups is 1. The summed E-state index contributed by atoms with van der Waals surface area (Å²) in [5.74, 6) is 0.575. The van der Waals surface area contributed by atoms with E-state index >= 15 is 0 Å². The fourth-order valence-electron chi connectivity index (χ4n) is 2.75. The van der Waals surface area contributed by atoms with Gasteiger partial charge in [-0.3, -0.25) is 4.79 Å². The Morgan fingerprint density at radius 2 is 2.25 bits per heavy atom. The summed E-state index contributed by atoms with van der Waals surface area (Å²) in [6.45, 7) is 3.26. The number of amides is 1. The molecule has 0 bridgehead atoms. The number of sulfonamides is 1. The fraction of sp³-hybridized carbons (Fsp3) is 0.562. The maximum Gasteiger partial charge on any atom is 0.263 e. The Morgan fingerprint density at radius 1 is 1.50 bits per heavy atom. The summed E-state index contributed by atoms with van der Waals surface area (Å²) in [4.78, 5) is 14.3. The lowest BCUT2D eigenvalue weighted by Gasteiger charge is -2.34. The molecule has 1 amide bonds. The molecule has 1 aliphatic heterocycles. The molecular weight excluding hydrogens is 352 g/mol. The number of ether oxygens (including phenoxy) is 1. The van der Waals surface area contributed by atoms with Crippen molar-refractivity contribution in [1.29, 1.82) is 0 Å². The molecule has 2 atom stereocenters. The van der Waals surface area contributed by atoms with E-state index in [1.54, 1.807) is 36.1 Å². The molecule has 1 heterocycles. The second-order valence-corrected chi connectivity index (χ2v) is 8.40. The monoisotopic (exact) mass is 374 g/mol. The number of benzene rings is 1. The molecule has 134 valence electrons. The van der Waals surface area contributed by atoms with Gasteiger partial charge in [-0.1, -0.05) is 17.7 Å². The molecule has 2 unspecified atom stereocenters. The van der Waals surface area contributed by atoms with Gasteiger partial charge in [-0.15, -0.1) is 0 Å². The predicted octanol–water partition coefficient (Wildman–Crippen LogP) is 1.90. The second kappa shape index (κ2) is 8.18. The summed E-state index contributed by atoms with van der Waals surface area (Å²) in [7, 11) is -3.21. The first kappa shape index (κ1) is 19.0. The zero-order valence-corrected chi connectivity index (χ0v) is 15.4. The standard InChI is InChI=1S/C16H23ClN2O4S/c1-12(23-15-7-3-6-14(17)9-15)16(20)19-8-4-5-13(11-19)10-18-24(2,21)22/h3,6-7,9,12-13,18H,4-5,8,10-11H2,1-2H3.